The minimum Gasteiger partial charge on any atom is -0.480 e. The maximum atomic E-state index is 11.2. The number of carboxylic acid groups (broad SMARTS) is 1. The summed E-state index contributed by atoms with van der Waals surface area (Å²) in [6.45, 7) is 4.19. The Hall–Kier alpha value is -0.570. The van der Waals surface area contributed by atoms with E-state index in [1.54, 1.807) is 0 Å². The molecule has 4 bridgehead atoms. The molecule has 0 aromatic carbocycles. The van der Waals surface area contributed by atoms with Crippen molar-refractivity contribution in [2.45, 2.75) is 70.9 Å². The summed E-state index contributed by atoms with van der Waals surface area (Å²) in [5.74, 6) is 2.10. The van der Waals surface area contributed by atoms with Gasteiger partial charge in [-0.25, -0.2) is 0 Å². The highest BCUT2D eigenvalue weighted by Gasteiger charge is 2.53. The predicted octanol–water partition coefficient (Wildman–Crippen LogP) is 3.04. The lowest BCUT2D eigenvalue weighted by Gasteiger charge is -2.59. The highest BCUT2D eigenvalue weighted by molar-refractivity contribution is 5.73. The Labute approximate surface area is 116 Å². The molecule has 108 valence electrons. The van der Waals surface area contributed by atoms with E-state index in [0.717, 1.165) is 17.8 Å². The first-order valence-electron chi connectivity index (χ1n) is 8.01. The third kappa shape index (κ3) is 2.31. The number of nitrogens with one attached hydrogen (secondary N) is 1. The molecule has 19 heavy (non-hydrogen) atoms. The van der Waals surface area contributed by atoms with E-state index >= 15 is 0 Å². The Bertz CT molecular complexity index is 330. The first kappa shape index (κ1) is 13.4. The molecule has 2 N–H and O–H groups in total. The Morgan fingerprint density at radius 2 is 1.68 bits per heavy atom. The molecule has 3 heteroatoms. The molecule has 4 aliphatic rings. The zero-order valence-corrected chi connectivity index (χ0v) is 12.2. The minimum absolute atomic E-state index is 0.349. The molecule has 0 aromatic rings. The zero-order valence-electron chi connectivity index (χ0n) is 12.2. The summed E-state index contributed by atoms with van der Waals surface area (Å²) >= 11 is 0. The highest BCUT2D eigenvalue weighted by Crippen LogP contribution is 2.61. The molecule has 3 nitrogen and oxygen atoms in total. The highest BCUT2D eigenvalue weighted by atomic mass is 16.4. The van der Waals surface area contributed by atoms with E-state index in [1.165, 1.54) is 38.5 Å². The van der Waals surface area contributed by atoms with Crippen LogP contribution in [0.25, 0.3) is 0 Å². The second-order valence-corrected chi connectivity index (χ2v) is 7.47. The Morgan fingerprint density at radius 3 is 2.05 bits per heavy atom. The Morgan fingerprint density at radius 1 is 1.21 bits per heavy atom. The summed E-state index contributed by atoms with van der Waals surface area (Å²) in [5, 5.41) is 12.7. The van der Waals surface area contributed by atoms with Gasteiger partial charge in [0.1, 0.15) is 6.04 Å². The number of hydrogen-bond donors (Lipinski definition) is 2. The van der Waals surface area contributed by atoms with Gasteiger partial charge in [-0.2, -0.15) is 0 Å². The van der Waals surface area contributed by atoms with E-state index in [1.807, 2.05) is 6.92 Å². The van der Waals surface area contributed by atoms with Gasteiger partial charge in [-0.05, 0) is 75.0 Å². The van der Waals surface area contributed by atoms with E-state index in [-0.39, 0.29) is 6.04 Å². The number of rotatable bonds is 5. The number of hydrogen-bond acceptors (Lipinski definition) is 2. The minimum atomic E-state index is -0.695. The van der Waals surface area contributed by atoms with Crippen molar-refractivity contribution in [3.63, 3.8) is 0 Å². The molecule has 4 aliphatic carbocycles. The number of aliphatic carboxylic acids is 1. The van der Waals surface area contributed by atoms with E-state index in [2.05, 4.69) is 12.2 Å². The van der Waals surface area contributed by atoms with Crippen LogP contribution in [0.3, 0.4) is 0 Å². The first-order valence-corrected chi connectivity index (χ1v) is 8.01. The fraction of sp³-hybridized carbons (Fsp3) is 0.938. The second kappa shape index (κ2) is 4.76. The van der Waals surface area contributed by atoms with Gasteiger partial charge in [0.15, 0.2) is 0 Å². The summed E-state index contributed by atoms with van der Waals surface area (Å²) in [4.78, 5) is 11.2. The topological polar surface area (TPSA) is 49.3 Å². The summed E-state index contributed by atoms with van der Waals surface area (Å²) in [6, 6.07) is -0.0232. The summed E-state index contributed by atoms with van der Waals surface area (Å²) in [5.41, 5.74) is 0.400. The van der Waals surface area contributed by atoms with Gasteiger partial charge in [0.2, 0.25) is 0 Å². The zero-order chi connectivity index (χ0) is 13.6. The van der Waals surface area contributed by atoms with Gasteiger partial charge in [-0.15, -0.1) is 0 Å². The van der Waals surface area contributed by atoms with E-state index < -0.39 is 5.97 Å². The molecule has 4 saturated carbocycles. The van der Waals surface area contributed by atoms with Crippen LogP contribution in [0.4, 0.5) is 0 Å². The van der Waals surface area contributed by atoms with Crippen LogP contribution in [-0.4, -0.2) is 23.2 Å². The van der Waals surface area contributed by atoms with Crippen molar-refractivity contribution in [2.24, 2.45) is 23.2 Å². The quantitative estimate of drug-likeness (QED) is 0.803. The summed E-state index contributed by atoms with van der Waals surface area (Å²) < 4.78 is 0. The van der Waals surface area contributed by atoms with E-state index in [9.17, 15) is 9.90 Å². The predicted molar refractivity (Wildman–Crippen MR) is 74.9 cm³/mol. The molecule has 0 aliphatic heterocycles. The Balaban J connectivity index is 1.72. The maximum Gasteiger partial charge on any atom is 0.320 e. The van der Waals surface area contributed by atoms with E-state index in [0.29, 0.717) is 17.9 Å². The van der Waals surface area contributed by atoms with Crippen LogP contribution in [0.5, 0.6) is 0 Å². The lowest BCUT2D eigenvalue weighted by Crippen LogP contribution is -2.57. The number of carboxylic acids is 1. The summed E-state index contributed by atoms with van der Waals surface area (Å²) in [6.07, 6.45) is 9.02. The van der Waals surface area contributed by atoms with Crippen LogP contribution < -0.4 is 5.32 Å². The van der Waals surface area contributed by atoms with Crippen LogP contribution >= 0.6 is 0 Å². The molecule has 0 spiro atoms. The van der Waals surface area contributed by atoms with Gasteiger partial charge in [0.05, 0.1) is 0 Å². The third-order valence-corrected chi connectivity index (χ3v) is 6.16. The van der Waals surface area contributed by atoms with Gasteiger partial charge >= 0.3 is 5.97 Å². The van der Waals surface area contributed by atoms with Gasteiger partial charge in [0.25, 0.3) is 0 Å². The maximum absolute atomic E-state index is 11.2. The Kier molecular flexibility index (Phi) is 3.36. The molecule has 0 aromatic heterocycles. The molecule has 4 fully saturated rings. The van der Waals surface area contributed by atoms with Crippen molar-refractivity contribution < 1.29 is 9.90 Å². The van der Waals surface area contributed by atoms with Crippen LogP contribution in [0, 0.1) is 23.2 Å². The molecular formula is C16H27NO2. The van der Waals surface area contributed by atoms with Crippen LogP contribution in [0.2, 0.25) is 0 Å². The second-order valence-electron chi connectivity index (χ2n) is 7.47. The average molecular weight is 265 g/mol. The largest absolute Gasteiger partial charge is 0.480 e. The standard InChI is InChI=1S/C16H27NO2/c1-3-14(15(18)19)17-10(2)16-7-11-4-12(8-16)6-13(5-11)9-16/h10-14,17H,3-9H2,1-2H3,(H,18,19). The summed E-state index contributed by atoms with van der Waals surface area (Å²) in [7, 11) is 0. The molecule has 0 saturated heterocycles. The SMILES string of the molecule is CCC(NC(C)C12CC3CC(CC(C3)C1)C2)C(=O)O. The van der Waals surface area contributed by atoms with Crippen molar-refractivity contribution in [3.8, 4) is 0 Å². The molecule has 2 unspecified atom stereocenters. The monoisotopic (exact) mass is 265 g/mol. The molecule has 4 rings (SSSR count). The van der Waals surface area contributed by atoms with Crippen LogP contribution in [0.1, 0.15) is 58.8 Å². The van der Waals surface area contributed by atoms with Gasteiger partial charge in [-0.1, -0.05) is 6.92 Å². The average Bonchev–Trinajstić information content (AvgIpc) is 2.33. The van der Waals surface area contributed by atoms with Crippen molar-refractivity contribution in [2.75, 3.05) is 0 Å². The van der Waals surface area contributed by atoms with Crippen LogP contribution in [0.15, 0.2) is 0 Å². The smallest absolute Gasteiger partial charge is 0.320 e. The normalized spacial score (nSPS) is 43.2. The fourth-order valence-electron chi connectivity index (χ4n) is 5.55. The third-order valence-electron chi connectivity index (χ3n) is 6.16. The molecule has 2 atom stereocenters. The molecule has 0 amide bonds. The van der Waals surface area contributed by atoms with Gasteiger partial charge < -0.3 is 10.4 Å². The lowest BCUT2D eigenvalue weighted by atomic mass is 9.48. The molecule has 0 heterocycles. The first-order chi connectivity index (χ1) is 9.02. The van der Waals surface area contributed by atoms with Crippen molar-refractivity contribution in [3.05, 3.63) is 0 Å². The molecule has 0 radical (unpaired) electrons. The fourth-order valence-corrected chi connectivity index (χ4v) is 5.55. The molecular weight excluding hydrogens is 238 g/mol. The lowest BCUT2D eigenvalue weighted by molar-refractivity contribution is -0.140. The van der Waals surface area contributed by atoms with Crippen molar-refractivity contribution in [1.82, 2.24) is 5.32 Å². The number of carbonyl (C=O) groups is 1. The van der Waals surface area contributed by atoms with Crippen molar-refractivity contribution in [1.29, 1.82) is 0 Å². The van der Waals surface area contributed by atoms with Crippen LogP contribution in [-0.2, 0) is 4.79 Å². The van der Waals surface area contributed by atoms with E-state index in [4.69, 9.17) is 0 Å². The van der Waals surface area contributed by atoms with Gasteiger partial charge in [-0.3, -0.25) is 4.79 Å². The van der Waals surface area contributed by atoms with Crippen molar-refractivity contribution >= 4 is 5.97 Å². The van der Waals surface area contributed by atoms with Gasteiger partial charge in [0, 0.05) is 6.04 Å².